The lowest BCUT2D eigenvalue weighted by Gasteiger charge is -2.18. The maximum Gasteiger partial charge on any atom is 0.340 e. The fourth-order valence-corrected chi connectivity index (χ4v) is 3.61. The lowest BCUT2D eigenvalue weighted by molar-refractivity contribution is -0.129. The predicted molar refractivity (Wildman–Crippen MR) is 101 cm³/mol. The molecule has 0 aliphatic heterocycles. The van der Waals surface area contributed by atoms with Crippen LogP contribution in [0.4, 0.5) is 0 Å². The molecule has 0 aliphatic rings. The Labute approximate surface area is 153 Å². The summed E-state index contributed by atoms with van der Waals surface area (Å²) in [5.41, 5.74) is 1.73. The number of carbonyl (C=O) groups excluding carboxylic acids is 2. The van der Waals surface area contributed by atoms with Crippen LogP contribution in [0, 0.1) is 13.8 Å². The molecule has 1 aromatic carbocycles. The first-order valence-electron chi connectivity index (χ1n) is 8.53. The van der Waals surface area contributed by atoms with Crippen molar-refractivity contribution in [2.75, 3.05) is 6.54 Å². The quantitative estimate of drug-likeness (QED) is 0.753. The van der Waals surface area contributed by atoms with E-state index in [1.54, 1.807) is 24.3 Å². The van der Waals surface area contributed by atoms with Crippen LogP contribution in [0.25, 0.3) is 0 Å². The molecule has 1 amide bonds. The number of amides is 1. The van der Waals surface area contributed by atoms with Gasteiger partial charge in [-0.05, 0) is 38.8 Å². The number of thiophene rings is 1. The second-order valence-corrected chi connectivity index (χ2v) is 7.60. The zero-order valence-electron chi connectivity index (χ0n) is 15.2. The first kappa shape index (κ1) is 19.2. The standard InChI is InChI=1S/C20H25NO3S/c1-5-16(17-9-7-6-8-10-17)12-21-19(22)14(3)24-20(23)18-11-13(2)25-15(18)4/h6-11,14,16H,5,12H2,1-4H3,(H,21,22)/t14-,16-/m1/s1. The highest BCUT2D eigenvalue weighted by molar-refractivity contribution is 7.12. The van der Waals surface area contributed by atoms with E-state index in [0.29, 0.717) is 12.1 Å². The van der Waals surface area contributed by atoms with Gasteiger partial charge in [-0.25, -0.2) is 4.79 Å². The minimum Gasteiger partial charge on any atom is -0.449 e. The Morgan fingerprint density at radius 2 is 1.88 bits per heavy atom. The molecule has 0 aliphatic carbocycles. The molecular formula is C20H25NO3S. The molecule has 2 rings (SSSR count). The Kier molecular flexibility index (Phi) is 6.76. The van der Waals surface area contributed by atoms with Crippen LogP contribution in [0.1, 0.15) is 51.9 Å². The first-order chi connectivity index (χ1) is 11.9. The van der Waals surface area contributed by atoms with E-state index in [9.17, 15) is 9.59 Å². The molecule has 0 saturated heterocycles. The molecule has 4 nitrogen and oxygen atoms in total. The summed E-state index contributed by atoms with van der Waals surface area (Å²) in [5.74, 6) is -0.471. The molecule has 5 heteroatoms. The third kappa shape index (κ3) is 5.16. The fraction of sp³-hybridized carbons (Fsp3) is 0.400. The maximum absolute atomic E-state index is 12.3. The van der Waals surface area contributed by atoms with Gasteiger partial charge in [0.15, 0.2) is 6.10 Å². The number of benzene rings is 1. The zero-order chi connectivity index (χ0) is 18.4. The van der Waals surface area contributed by atoms with Gasteiger partial charge in [-0.15, -0.1) is 11.3 Å². The van der Waals surface area contributed by atoms with Crippen molar-refractivity contribution >= 4 is 23.2 Å². The van der Waals surface area contributed by atoms with Gasteiger partial charge in [0.25, 0.3) is 5.91 Å². The van der Waals surface area contributed by atoms with Crippen LogP contribution < -0.4 is 5.32 Å². The van der Waals surface area contributed by atoms with Gasteiger partial charge in [0.05, 0.1) is 5.56 Å². The van der Waals surface area contributed by atoms with Gasteiger partial charge in [-0.3, -0.25) is 4.79 Å². The zero-order valence-corrected chi connectivity index (χ0v) is 16.0. The molecule has 0 radical (unpaired) electrons. The van der Waals surface area contributed by atoms with Crippen LogP contribution >= 0.6 is 11.3 Å². The first-order valence-corrected chi connectivity index (χ1v) is 9.34. The highest BCUT2D eigenvalue weighted by Crippen LogP contribution is 2.22. The monoisotopic (exact) mass is 359 g/mol. The summed E-state index contributed by atoms with van der Waals surface area (Å²) < 4.78 is 5.32. The topological polar surface area (TPSA) is 55.4 Å². The average molecular weight is 359 g/mol. The van der Waals surface area contributed by atoms with E-state index >= 15 is 0 Å². The van der Waals surface area contributed by atoms with Gasteiger partial charge in [0.1, 0.15) is 0 Å². The molecule has 2 aromatic rings. The average Bonchev–Trinajstić information content (AvgIpc) is 2.94. The minimum absolute atomic E-state index is 0.245. The van der Waals surface area contributed by atoms with Crippen molar-refractivity contribution < 1.29 is 14.3 Å². The van der Waals surface area contributed by atoms with Crippen LogP contribution in [-0.4, -0.2) is 24.5 Å². The van der Waals surface area contributed by atoms with E-state index in [1.807, 2.05) is 32.0 Å². The van der Waals surface area contributed by atoms with Crippen molar-refractivity contribution in [3.8, 4) is 0 Å². The minimum atomic E-state index is -0.819. The highest BCUT2D eigenvalue weighted by Gasteiger charge is 2.22. The molecule has 0 fully saturated rings. The summed E-state index contributed by atoms with van der Waals surface area (Å²) in [4.78, 5) is 26.4. The summed E-state index contributed by atoms with van der Waals surface area (Å²) in [7, 11) is 0. The van der Waals surface area contributed by atoms with Crippen molar-refractivity contribution in [1.29, 1.82) is 0 Å². The summed E-state index contributed by atoms with van der Waals surface area (Å²) in [5, 5.41) is 2.90. The molecular weight excluding hydrogens is 334 g/mol. The predicted octanol–water partition coefficient (Wildman–Crippen LogP) is 4.22. The van der Waals surface area contributed by atoms with E-state index in [4.69, 9.17) is 4.74 Å². The van der Waals surface area contributed by atoms with Crippen LogP contribution in [0.5, 0.6) is 0 Å². The molecule has 1 N–H and O–H groups in total. The fourth-order valence-electron chi connectivity index (χ4n) is 2.70. The molecule has 0 spiro atoms. The van der Waals surface area contributed by atoms with Gasteiger partial charge in [-0.2, -0.15) is 0 Å². The van der Waals surface area contributed by atoms with Gasteiger partial charge in [-0.1, -0.05) is 37.3 Å². The van der Waals surface area contributed by atoms with Gasteiger partial charge >= 0.3 is 5.97 Å². The number of hydrogen-bond donors (Lipinski definition) is 1. The Morgan fingerprint density at radius 3 is 2.44 bits per heavy atom. The third-order valence-electron chi connectivity index (χ3n) is 4.20. The smallest absolute Gasteiger partial charge is 0.340 e. The number of rotatable bonds is 7. The molecule has 25 heavy (non-hydrogen) atoms. The second-order valence-electron chi connectivity index (χ2n) is 6.14. The lowest BCUT2D eigenvalue weighted by atomic mass is 9.96. The Bertz CT molecular complexity index is 724. The SMILES string of the molecule is CC[C@H](CNC(=O)[C@@H](C)OC(=O)c1cc(C)sc1C)c1ccccc1. The number of nitrogens with one attached hydrogen (secondary N) is 1. The molecule has 1 aromatic heterocycles. The number of carbonyl (C=O) groups is 2. The third-order valence-corrected chi connectivity index (χ3v) is 5.17. The highest BCUT2D eigenvalue weighted by atomic mass is 32.1. The molecule has 2 atom stereocenters. The molecule has 0 unspecified atom stereocenters. The van der Waals surface area contributed by atoms with Crippen molar-refractivity contribution in [2.45, 2.75) is 46.1 Å². The van der Waals surface area contributed by atoms with Crippen molar-refractivity contribution in [2.24, 2.45) is 0 Å². The van der Waals surface area contributed by atoms with E-state index in [0.717, 1.165) is 16.2 Å². The number of hydrogen-bond acceptors (Lipinski definition) is 4. The molecule has 1 heterocycles. The van der Waals surface area contributed by atoms with Crippen LogP contribution in [0.2, 0.25) is 0 Å². The van der Waals surface area contributed by atoms with Gasteiger partial charge < -0.3 is 10.1 Å². The molecule has 134 valence electrons. The number of aryl methyl sites for hydroxylation is 2. The second kappa shape index (κ2) is 8.81. The summed E-state index contributed by atoms with van der Waals surface area (Å²) in [6.07, 6.45) is 0.103. The van der Waals surface area contributed by atoms with Crippen LogP contribution in [0.3, 0.4) is 0 Å². The van der Waals surface area contributed by atoms with Crippen LogP contribution in [0.15, 0.2) is 36.4 Å². The number of ether oxygens (including phenoxy) is 1. The summed E-state index contributed by atoms with van der Waals surface area (Å²) in [6, 6.07) is 11.9. The maximum atomic E-state index is 12.3. The Morgan fingerprint density at radius 1 is 1.20 bits per heavy atom. The Balaban J connectivity index is 1.89. The van der Waals surface area contributed by atoms with E-state index in [2.05, 4.69) is 24.4 Å². The van der Waals surface area contributed by atoms with E-state index < -0.39 is 12.1 Å². The normalized spacial score (nSPS) is 13.1. The van der Waals surface area contributed by atoms with Crippen LogP contribution in [-0.2, 0) is 9.53 Å². The van der Waals surface area contributed by atoms with Crippen molar-refractivity contribution in [1.82, 2.24) is 5.32 Å². The summed E-state index contributed by atoms with van der Waals surface area (Å²) in [6.45, 7) is 8.04. The number of esters is 1. The van der Waals surface area contributed by atoms with E-state index in [-0.39, 0.29) is 11.8 Å². The van der Waals surface area contributed by atoms with Gasteiger partial charge in [0.2, 0.25) is 0 Å². The van der Waals surface area contributed by atoms with Crippen molar-refractivity contribution in [3.05, 3.63) is 57.3 Å². The largest absolute Gasteiger partial charge is 0.449 e. The van der Waals surface area contributed by atoms with E-state index in [1.165, 1.54) is 5.56 Å². The lowest BCUT2D eigenvalue weighted by Crippen LogP contribution is -2.38. The molecule has 0 saturated carbocycles. The summed E-state index contributed by atoms with van der Waals surface area (Å²) >= 11 is 1.55. The Hall–Kier alpha value is -2.14. The van der Waals surface area contributed by atoms with Gasteiger partial charge in [0, 0.05) is 22.2 Å². The van der Waals surface area contributed by atoms with Crippen molar-refractivity contribution in [3.63, 3.8) is 0 Å². The molecule has 0 bridgehead atoms.